The van der Waals surface area contributed by atoms with E-state index in [2.05, 4.69) is 17.3 Å². The van der Waals surface area contributed by atoms with Crippen LogP contribution < -0.4 is 5.32 Å². The molecule has 1 atom stereocenters. The number of carbonyl (C=O) groups excluding carboxylic acids is 1. The minimum atomic E-state index is 0.0761. The number of piperazine rings is 1. The highest BCUT2D eigenvalue weighted by Gasteiger charge is 2.55. The molecule has 1 aliphatic heterocycles. The maximum atomic E-state index is 13.2. The molecule has 19 heavy (non-hydrogen) atoms. The molecule has 1 saturated heterocycles. The van der Waals surface area contributed by atoms with Gasteiger partial charge in [-0.2, -0.15) is 0 Å². The quantitative estimate of drug-likeness (QED) is 0.822. The molecule has 5 fully saturated rings. The summed E-state index contributed by atoms with van der Waals surface area (Å²) in [5.74, 6) is 3.20. The molecule has 0 aromatic carbocycles. The third-order valence-electron chi connectivity index (χ3n) is 6.37. The van der Waals surface area contributed by atoms with Crippen LogP contribution in [0.1, 0.15) is 38.5 Å². The maximum Gasteiger partial charge on any atom is 0.157 e. The number of likely N-dealkylation sites (N-methyl/N-ethyl adjacent to an activating group) is 1. The van der Waals surface area contributed by atoms with Crippen LogP contribution in [-0.2, 0) is 4.79 Å². The van der Waals surface area contributed by atoms with Crippen molar-refractivity contribution in [3.63, 3.8) is 0 Å². The molecule has 0 radical (unpaired) electrons. The van der Waals surface area contributed by atoms with Crippen LogP contribution in [0.25, 0.3) is 0 Å². The predicted molar refractivity (Wildman–Crippen MR) is 74.9 cm³/mol. The van der Waals surface area contributed by atoms with Crippen LogP contribution in [-0.4, -0.2) is 43.4 Å². The first-order valence-corrected chi connectivity index (χ1v) is 8.11. The Kier molecular flexibility index (Phi) is 2.79. The molecule has 0 spiro atoms. The van der Waals surface area contributed by atoms with Crippen molar-refractivity contribution in [3.05, 3.63) is 0 Å². The Morgan fingerprint density at radius 2 is 1.68 bits per heavy atom. The molecule has 1 heterocycles. The second kappa shape index (κ2) is 4.29. The molecule has 0 aromatic rings. The van der Waals surface area contributed by atoms with Gasteiger partial charge in [0, 0.05) is 25.0 Å². The van der Waals surface area contributed by atoms with Crippen molar-refractivity contribution in [2.75, 3.05) is 26.7 Å². The van der Waals surface area contributed by atoms with Crippen molar-refractivity contribution in [2.45, 2.75) is 44.6 Å². The van der Waals surface area contributed by atoms with Crippen LogP contribution in [0.15, 0.2) is 0 Å². The Balaban J connectivity index is 1.59. The lowest BCUT2D eigenvalue weighted by atomic mass is 9.48. The highest BCUT2D eigenvalue weighted by molar-refractivity contribution is 5.90. The lowest BCUT2D eigenvalue weighted by molar-refractivity contribution is -0.149. The van der Waals surface area contributed by atoms with E-state index in [1.807, 2.05) is 0 Å². The summed E-state index contributed by atoms with van der Waals surface area (Å²) in [6.45, 7) is 2.92. The first-order chi connectivity index (χ1) is 9.16. The van der Waals surface area contributed by atoms with Gasteiger partial charge in [-0.1, -0.05) is 0 Å². The Morgan fingerprint density at radius 3 is 2.21 bits per heavy atom. The highest BCUT2D eigenvalue weighted by atomic mass is 16.1. The van der Waals surface area contributed by atoms with Crippen LogP contribution in [0.2, 0.25) is 0 Å². The fourth-order valence-electron chi connectivity index (χ4n) is 5.86. The van der Waals surface area contributed by atoms with Gasteiger partial charge in [-0.15, -0.1) is 0 Å². The van der Waals surface area contributed by atoms with Crippen LogP contribution in [0.4, 0.5) is 0 Å². The lowest BCUT2D eigenvalue weighted by Crippen LogP contribution is -2.60. The molecule has 106 valence electrons. The number of Topliss-reactive ketones (excluding diaryl/α,β-unsaturated/α-hetero) is 1. The van der Waals surface area contributed by atoms with E-state index in [4.69, 9.17) is 0 Å². The van der Waals surface area contributed by atoms with Crippen molar-refractivity contribution in [1.29, 1.82) is 0 Å². The average molecular weight is 262 g/mol. The number of nitrogens with zero attached hydrogens (tertiary/aromatic N) is 1. The maximum absolute atomic E-state index is 13.2. The molecule has 0 amide bonds. The SMILES string of the molecule is CN1CCNCC1C(=O)C12CC3CC(CC(C3)C1)C2. The number of hydrogen-bond donors (Lipinski definition) is 1. The third kappa shape index (κ3) is 1.89. The van der Waals surface area contributed by atoms with E-state index in [0.717, 1.165) is 37.4 Å². The minimum absolute atomic E-state index is 0.0761. The fraction of sp³-hybridized carbons (Fsp3) is 0.938. The Bertz CT molecular complexity index is 357. The number of hydrogen-bond acceptors (Lipinski definition) is 3. The molecule has 4 aliphatic carbocycles. The summed E-state index contributed by atoms with van der Waals surface area (Å²) in [5, 5.41) is 3.42. The first kappa shape index (κ1) is 12.3. The smallest absolute Gasteiger partial charge is 0.157 e. The first-order valence-electron chi connectivity index (χ1n) is 8.11. The molecule has 3 heteroatoms. The monoisotopic (exact) mass is 262 g/mol. The van der Waals surface area contributed by atoms with Gasteiger partial charge in [0.05, 0.1) is 6.04 Å². The Morgan fingerprint density at radius 1 is 1.11 bits per heavy atom. The highest BCUT2D eigenvalue weighted by Crippen LogP contribution is 2.60. The van der Waals surface area contributed by atoms with Gasteiger partial charge in [-0.05, 0) is 63.3 Å². The van der Waals surface area contributed by atoms with Gasteiger partial charge < -0.3 is 5.32 Å². The predicted octanol–water partition coefficient (Wildman–Crippen LogP) is 1.68. The molecule has 3 nitrogen and oxygen atoms in total. The number of nitrogens with one attached hydrogen (secondary N) is 1. The molecule has 1 N–H and O–H groups in total. The normalized spacial score (nSPS) is 49.5. The van der Waals surface area contributed by atoms with Gasteiger partial charge in [-0.3, -0.25) is 9.69 Å². The number of ketones is 1. The van der Waals surface area contributed by atoms with Crippen LogP contribution in [0.3, 0.4) is 0 Å². The van der Waals surface area contributed by atoms with Gasteiger partial charge >= 0.3 is 0 Å². The van der Waals surface area contributed by atoms with E-state index in [9.17, 15) is 4.79 Å². The zero-order valence-electron chi connectivity index (χ0n) is 12.0. The van der Waals surface area contributed by atoms with E-state index in [1.165, 1.54) is 38.5 Å². The van der Waals surface area contributed by atoms with Crippen LogP contribution in [0, 0.1) is 23.2 Å². The Hall–Kier alpha value is -0.410. The van der Waals surface area contributed by atoms with Crippen molar-refractivity contribution in [3.8, 4) is 0 Å². The lowest BCUT2D eigenvalue weighted by Gasteiger charge is -2.57. The zero-order valence-corrected chi connectivity index (χ0v) is 12.0. The zero-order chi connectivity index (χ0) is 13.0. The molecule has 1 unspecified atom stereocenters. The molecular weight excluding hydrogens is 236 g/mol. The van der Waals surface area contributed by atoms with E-state index >= 15 is 0 Å². The average Bonchev–Trinajstić information content (AvgIpc) is 2.37. The third-order valence-corrected chi connectivity index (χ3v) is 6.37. The molecule has 0 aromatic heterocycles. The summed E-state index contributed by atoms with van der Waals surface area (Å²) in [6.07, 6.45) is 7.90. The van der Waals surface area contributed by atoms with Gasteiger partial charge in [0.25, 0.3) is 0 Å². The largest absolute Gasteiger partial charge is 0.313 e. The van der Waals surface area contributed by atoms with Crippen molar-refractivity contribution < 1.29 is 4.79 Å². The summed E-state index contributed by atoms with van der Waals surface area (Å²) in [4.78, 5) is 15.5. The second-order valence-corrected chi connectivity index (χ2v) is 7.76. The summed E-state index contributed by atoms with van der Waals surface area (Å²) < 4.78 is 0. The molecule has 5 rings (SSSR count). The van der Waals surface area contributed by atoms with E-state index in [0.29, 0.717) is 5.78 Å². The van der Waals surface area contributed by atoms with Crippen LogP contribution >= 0.6 is 0 Å². The summed E-state index contributed by atoms with van der Waals surface area (Å²) in [7, 11) is 2.13. The Labute approximate surface area is 116 Å². The van der Waals surface area contributed by atoms with Crippen molar-refractivity contribution in [2.24, 2.45) is 23.2 Å². The van der Waals surface area contributed by atoms with Gasteiger partial charge in [0.1, 0.15) is 0 Å². The minimum Gasteiger partial charge on any atom is -0.313 e. The van der Waals surface area contributed by atoms with Crippen molar-refractivity contribution >= 4 is 5.78 Å². The standard InChI is InChI=1S/C16H26N2O/c1-18-3-2-17-10-14(18)15(19)16-7-11-4-12(8-16)6-13(5-11)9-16/h11-14,17H,2-10H2,1H3. The van der Waals surface area contributed by atoms with E-state index < -0.39 is 0 Å². The van der Waals surface area contributed by atoms with Crippen molar-refractivity contribution in [1.82, 2.24) is 10.2 Å². The summed E-state index contributed by atoms with van der Waals surface area (Å²) >= 11 is 0. The fourth-order valence-corrected chi connectivity index (χ4v) is 5.86. The number of carbonyl (C=O) groups is 1. The van der Waals surface area contributed by atoms with Gasteiger partial charge in [-0.25, -0.2) is 0 Å². The topological polar surface area (TPSA) is 32.3 Å². The van der Waals surface area contributed by atoms with E-state index in [1.54, 1.807) is 0 Å². The second-order valence-electron chi connectivity index (χ2n) is 7.76. The molecule has 4 saturated carbocycles. The molecular formula is C16H26N2O. The van der Waals surface area contributed by atoms with E-state index in [-0.39, 0.29) is 11.5 Å². The van der Waals surface area contributed by atoms with Gasteiger partial charge in [0.15, 0.2) is 5.78 Å². The summed E-state index contributed by atoms with van der Waals surface area (Å²) in [6, 6.07) is 0.144. The molecule has 5 aliphatic rings. The molecule has 4 bridgehead atoms. The van der Waals surface area contributed by atoms with Gasteiger partial charge in [0.2, 0.25) is 0 Å². The van der Waals surface area contributed by atoms with Crippen LogP contribution in [0.5, 0.6) is 0 Å². The summed E-state index contributed by atoms with van der Waals surface area (Å²) in [5.41, 5.74) is 0.0761. The number of rotatable bonds is 2.